The average molecular weight is 442 g/mol. The summed E-state index contributed by atoms with van der Waals surface area (Å²) in [7, 11) is 0. The summed E-state index contributed by atoms with van der Waals surface area (Å²) in [5.41, 5.74) is 2.81. The van der Waals surface area contributed by atoms with E-state index in [9.17, 15) is 14.0 Å². The normalized spacial score (nSPS) is 20.4. The van der Waals surface area contributed by atoms with Gasteiger partial charge in [-0.15, -0.1) is 0 Å². The number of hydrogen-bond donors (Lipinski definition) is 2. The number of nitrogens with one attached hydrogen (secondary N) is 2. The summed E-state index contributed by atoms with van der Waals surface area (Å²) in [6, 6.07) is 12.5. The third-order valence-corrected chi connectivity index (χ3v) is 5.77. The van der Waals surface area contributed by atoms with Crippen LogP contribution in [0.3, 0.4) is 0 Å². The number of carbonyl (C=O) groups excluding carboxylic acids is 2. The molecular weight excluding hydrogens is 413 g/mol. The van der Waals surface area contributed by atoms with Gasteiger partial charge >= 0.3 is 6.09 Å². The Balaban J connectivity index is 1.36. The third-order valence-electron chi connectivity index (χ3n) is 5.77. The third kappa shape index (κ3) is 5.44. The lowest BCUT2D eigenvalue weighted by Gasteiger charge is -2.15. The predicted octanol–water partition coefficient (Wildman–Crippen LogP) is 3.08. The first-order chi connectivity index (χ1) is 15.5. The summed E-state index contributed by atoms with van der Waals surface area (Å²) >= 11 is 0. The molecule has 2 aromatic rings. The van der Waals surface area contributed by atoms with E-state index in [2.05, 4.69) is 10.6 Å². The molecule has 7 nitrogen and oxygen atoms in total. The number of carbonyl (C=O) groups is 2. The molecule has 1 unspecified atom stereocenters. The van der Waals surface area contributed by atoms with Crippen molar-refractivity contribution in [3.05, 3.63) is 53.8 Å². The Bertz CT molecular complexity index is 960. The second-order valence-corrected chi connectivity index (χ2v) is 8.28. The minimum Gasteiger partial charge on any atom is -0.442 e. The van der Waals surface area contributed by atoms with E-state index in [0.717, 1.165) is 43.9 Å². The minimum absolute atomic E-state index is 0.194. The summed E-state index contributed by atoms with van der Waals surface area (Å²) in [5.74, 6) is -0.0247. The first kappa shape index (κ1) is 22.2. The van der Waals surface area contributed by atoms with E-state index in [1.807, 2.05) is 24.3 Å². The van der Waals surface area contributed by atoms with Crippen molar-refractivity contribution in [2.75, 3.05) is 37.7 Å². The Morgan fingerprint density at radius 3 is 2.69 bits per heavy atom. The van der Waals surface area contributed by atoms with Gasteiger partial charge in [-0.05, 0) is 41.7 Å². The molecule has 2 atom stereocenters. The van der Waals surface area contributed by atoms with Gasteiger partial charge in [0.1, 0.15) is 11.9 Å². The molecule has 4 rings (SSSR count). The lowest BCUT2D eigenvalue weighted by molar-refractivity contribution is -0.119. The van der Waals surface area contributed by atoms with Crippen LogP contribution in [-0.4, -0.2) is 51.0 Å². The minimum atomic E-state index is -0.548. The van der Waals surface area contributed by atoms with E-state index >= 15 is 0 Å². The molecule has 8 heteroatoms. The smallest absolute Gasteiger partial charge is 0.414 e. The average Bonchev–Trinajstić information content (AvgIpc) is 3.42. The van der Waals surface area contributed by atoms with E-state index < -0.39 is 18.0 Å². The monoisotopic (exact) mass is 441 g/mol. The molecule has 2 fully saturated rings. The van der Waals surface area contributed by atoms with Gasteiger partial charge < -0.3 is 20.1 Å². The number of benzene rings is 2. The highest BCUT2D eigenvalue weighted by atomic mass is 19.1. The van der Waals surface area contributed by atoms with Crippen molar-refractivity contribution in [3.63, 3.8) is 0 Å². The zero-order valence-electron chi connectivity index (χ0n) is 18.1. The molecule has 170 valence electrons. The number of nitrogens with zero attached hydrogens (tertiary/aromatic N) is 1. The molecule has 2 aliphatic heterocycles. The van der Waals surface area contributed by atoms with E-state index in [1.54, 1.807) is 12.1 Å². The number of anilines is 1. The number of amides is 2. The van der Waals surface area contributed by atoms with Crippen LogP contribution < -0.4 is 15.5 Å². The number of rotatable bonds is 8. The fraction of sp³-hybridized carbons (Fsp3) is 0.417. The standard InChI is InChI=1S/C24H28FN3O4/c1-16(29)27-13-21-14-28(24(30)32-21)20-6-7-22(23(25)10-20)19-4-2-17(3-5-19)11-26-12-18-8-9-31-15-18/h2-7,10,18,21,26H,8-9,11-15H2,1H3,(H,27,29)/t18?,21-/m0/s1. The van der Waals surface area contributed by atoms with Crippen LogP contribution in [-0.2, 0) is 20.8 Å². The highest BCUT2D eigenvalue weighted by Crippen LogP contribution is 2.29. The Kier molecular flexibility index (Phi) is 7.02. The first-order valence-corrected chi connectivity index (χ1v) is 10.9. The van der Waals surface area contributed by atoms with Crippen molar-refractivity contribution in [2.24, 2.45) is 5.92 Å². The molecule has 0 saturated carbocycles. The molecule has 0 spiro atoms. The van der Waals surface area contributed by atoms with Crippen LogP contribution in [0.1, 0.15) is 18.9 Å². The maximum Gasteiger partial charge on any atom is 0.414 e. The number of hydrogen-bond acceptors (Lipinski definition) is 5. The van der Waals surface area contributed by atoms with Crippen molar-refractivity contribution in [1.82, 2.24) is 10.6 Å². The Hall–Kier alpha value is -2.97. The van der Waals surface area contributed by atoms with Crippen LogP contribution in [0.2, 0.25) is 0 Å². The van der Waals surface area contributed by atoms with Crippen LogP contribution in [0, 0.1) is 11.7 Å². The maximum atomic E-state index is 14.9. The number of ether oxygens (including phenoxy) is 2. The molecule has 2 aliphatic rings. The van der Waals surface area contributed by atoms with Crippen molar-refractivity contribution in [3.8, 4) is 11.1 Å². The molecule has 2 amide bonds. The fourth-order valence-corrected chi connectivity index (χ4v) is 3.97. The van der Waals surface area contributed by atoms with Gasteiger partial charge in [0.05, 0.1) is 25.4 Å². The Morgan fingerprint density at radius 2 is 2.00 bits per heavy atom. The van der Waals surface area contributed by atoms with Crippen molar-refractivity contribution in [1.29, 1.82) is 0 Å². The van der Waals surface area contributed by atoms with Crippen molar-refractivity contribution >= 4 is 17.7 Å². The second-order valence-electron chi connectivity index (χ2n) is 8.28. The first-order valence-electron chi connectivity index (χ1n) is 10.9. The van der Waals surface area contributed by atoms with Gasteiger partial charge in [0.2, 0.25) is 5.91 Å². The van der Waals surface area contributed by atoms with Gasteiger partial charge in [0.25, 0.3) is 0 Å². The van der Waals surface area contributed by atoms with Gasteiger partial charge in [-0.25, -0.2) is 9.18 Å². The molecule has 2 N–H and O–H groups in total. The molecule has 2 heterocycles. The number of halogens is 1. The summed E-state index contributed by atoms with van der Waals surface area (Å²) in [4.78, 5) is 24.6. The summed E-state index contributed by atoms with van der Waals surface area (Å²) < 4.78 is 25.5. The quantitative estimate of drug-likeness (QED) is 0.658. The molecule has 2 saturated heterocycles. The largest absolute Gasteiger partial charge is 0.442 e. The lowest BCUT2D eigenvalue weighted by Crippen LogP contribution is -2.33. The summed E-state index contributed by atoms with van der Waals surface area (Å²) in [6.45, 7) is 5.25. The SMILES string of the molecule is CC(=O)NC[C@H]1CN(c2ccc(-c3ccc(CNCC4CCOC4)cc3)c(F)c2)C(=O)O1. The van der Waals surface area contributed by atoms with Gasteiger partial charge in [0, 0.05) is 32.2 Å². The van der Waals surface area contributed by atoms with E-state index in [1.165, 1.54) is 17.9 Å². The molecule has 0 radical (unpaired) electrons. The highest BCUT2D eigenvalue weighted by Gasteiger charge is 2.32. The molecule has 32 heavy (non-hydrogen) atoms. The van der Waals surface area contributed by atoms with E-state index in [0.29, 0.717) is 17.2 Å². The molecular formula is C24H28FN3O4. The topological polar surface area (TPSA) is 79.9 Å². The number of cyclic esters (lactones) is 1. The lowest BCUT2D eigenvalue weighted by atomic mass is 10.0. The molecule has 0 bridgehead atoms. The molecule has 0 aromatic heterocycles. The van der Waals surface area contributed by atoms with E-state index in [-0.39, 0.29) is 19.0 Å². The Labute approximate surface area is 186 Å². The van der Waals surface area contributed by atoms with Crippen LogP contribution in [0.25, 0.3) is 11.1 Å². The zero-order valence-corrected chi connectivity index (χ0v) is 18.1. The van der Waals surface area contributed by atoms with Crippen LogP contribution in [0.5, 0.6) is 0 Å². The van der Waals surface area contributed by atoms with Crippen LogP contribution in [0.4, 0.5) is 14.9 Å². The Morgan fingerprint density at radius 1 is 1.19 bits per heavy atom. The van der Waals surface area contributed by atoms with Crippen molar-refractivity contribution < 1.29 is 23.5 Å². The molecule has 0 aliphatic carbocycles. The fourth-order valence-electron chi connectivity index (χ4n) is 3.97. The summed E-state index contributed by atoms with van der Waals surface area (Å²) in [6.07, 6.45) is 0.0942. The zero-order chi connectivity index (χ0) is 22.5. The van der Waals surface area contributed by atoms with Gasteiger partial charge in [-0.3, -0.25) is 9.69 Å². The van der Waals surface area contributed by atoms with Gasteiger partial charge in [-0.1, -0.05) is 24.3 Å². The van der Waals surface area contributed by atoms with Gasteiger partial charge in [0.15, 0.2) is 0 Å². The highest BCUT2D eigenvalue weighted by molar-refractivity contribution is 5.90. The van der Waals surface area contributed by atoms with Crippen LogP contribution in [0.15, 0.2) is 42.5 Å². The predicted molar refractivity (Wildman–Crippen MR) is 119 cm³/mol. The maximum absolute atomic E-state index is 14.9. The second kappa shape index (κ2) is 10.1. The van der Waals surface area contributed by atoms with Crippen LogP contribution >= 0.6 is 0 Å². The molecule has 2 aromatic carbocycles. The van der Waals surface area contributed by atoms with Gasteiger partial charge in [-0.2, -0.15) is 0 Å². The summed E-state index contributed by atoms with van der Waals surface area (Å²) in [5, 5.41) is 6.08. The van der Waals surface area contributed by atoms with Crippen molar-refractivity contribution in [2.45, 2.75) is 26.0 Å². The van der Waals surface area contributed by atoms with E-state index in [4.69, 9.17) is 9.47 Å².